The number of amides is 1. The van der Waals surface area contributed by atoms with Crippen molar-refractivity contribution in [3.63, 3.8) is 0 Å². The quantitative estimate of drug-likeness (QED) is 0.887. The molecule has 18 heavy (non-hydrogen) atoms. The Morgan fingerprint density at radius 1 is 1.28 bits per heavy atom. The fourth-order valence-corrected chi connectivity index (χ4v) is 2.21. The fourth-order valence-electron chi connectivity index (χ4n) is 2.21. The molecule has 1 aromatic rings. The average Bonchev–Trinajstić information content (AvgIpc) is 2.41. The molecule has 1 fully saturated rings. The van der Waals surface area contributed by atoms with Gasteiger partial charge >= 0.3 is 6.01 Å². The lowest BCUT2D eigenvalue weighted by Crippen LogP contribution is -2.37. The number of nitrogens with zero attached hydrogens (tertiary/aromatic N) is 2. The van der Waals surface area contributed by atoms with Crippen molar-refractivity contribution in [1.29, 1.82) is 0 Å². The van der Waals surface area contributed by atoms with Crippen molar-refractivity contribution in [2.24, 2.45) is 5.92 Å². The Bertz CT molecular complexity index is 397. The third-order valence-corrected chi connectivity index (χ3v) is 3.42. The van der Waals surface area contributed by atoms with Crippen molar-refractivity contribution in [1.82, 2.24) is 15.3 Å². The third kappa shape index (κ3) is 3.18. The van der Waals surface area contributed by atoms with Crippen LogP contribution in [0, 0.1) is 5.92 Å². The Balaban J connectivity index is 1.90. The summed E-state index contributed by atoms with van der Waals surface area (Å²) < 4.78 is 4.86. The minimum absolute atomic E-state index is 0.0998. The topological polar surface area (TPSA) is 64.1 Å². The molecule has 1 aliphatic carbocycles. The maximum atomic E-state index is 12.0. The fraction of sp³-hybridized carbons (Fsp3) is 0.615. The first kappa shape index (κ1) is 12.8. The molecule has 5 heteroatoms. The summed E-state index contributed by atoms with van der Waals surface area (Å²) in [6.45, 7) is 2.26. The van der Waals surface area contributed by atoms with E-state index in [-0.39, 0.29) is 18.0 Å². The van der Waals surface area contributed by atoms with E-state index in [9.17, 15) is 4.79 Å². The second-order valence-electron chi connectivity index (χ2n) is 4.89. The summed E-state index contributed by atoms with van der Waals surface area (Å²) in [4.78, 5) is 19.8. The second-order valence-corrected chi connectivity index (χ2v) is 4.89. The van der Waals surface area contributed by atoms with Crippen molar-refractivity contribution in [2.75, 3.05) is 7.11 Å². The highest BCUT2D eigenvalue weighted by atomic mass is 16.5. The molecule has 2 rings (SSSR count). The number of nitrogens with one attached hydrogen (secondary N) is 1. The Kier molecular flexibility index (Phi) is 4.12. The number of ether oxygens (including phenoxy) is 1. The van der Waals surface area contributed by atoms with Crippen LogP contribution in [0.15, 0.2) is 12.4 Å². The van der Waals surface area contributed by atoms with Gasteiger partial charge in [0.05, 0.1) is 12.7 Å². The minimum Gasteiger partial charge on any atom is -0.467 e. The van der Waals surface area contributed by atoms with Crippen LogP contribution in [0.4, 0.5) is 0 Å². The first-order valence-electron chi connectivity index (χ1n) is 6.36. The molecule has 1 aliphatic rings. The summed E-state index contributed by atoms with van der Waals surface area (Å²) in [6.07, 6.45) is 7.47. The lowest BCUT2D eigenvalue weighted by Gasteiger charge is -2.26. The van der Waals surface area contributed by atoms with Crippen molar-refractivity contribution in [3.8, 4) is 6.01 Å². The molecule has 0 bridgehead atoms. The van der Waals surface area contributed by atoms with Crippen LogP contribution < -0.4 is 10.1 Å². The summed E-state index contributed by atoms with van der Waals surface area (Å²) in [5.41, 5.74) is 0.481. The average molecular weight is 249 g/mol. The number of carbonyl (C=O) groups is 1. The molecule has 0 radical (unpaired) electrons. The van der Waals surface area contributed by atoms with E-state index in [1.807, 2.05) is 0 Å². The number of aromatic nitrogens is 2. The number of hydrogen-bond donors (Lipinski definition) is 1. The lowest BCUT2D eigenvalue weighted by molar-refractivity contribution is 0.0922. The van der Waals surface area contributed by atoms with Crippen LogP contribution in [0.3, 0.4) is 0 Å². The highest BCUT2D eigenvalue weighted by molar-refractivity contribution is 5.93. The van der Waals surface area contributed by atoms with Crippen LogP contribution in [0.25, 0.3) is 0 Å². The van der Waals surface area contributed by atoms with Gasteiger partial charge in [0.1, 0.15) is 0 Å². The molecule has 1 saturated carbocycles. The number of rotatable bonds is 3. The van der Waals surface area contributed by atoms with Crippen LogP contribution >= 0.6 is 0 Å². The van der Waals surface area contributed by atoms with Gasteiger partial charge in [0, 0.05) is 18.4 Å². The van der Waals surface area contributed by atoms with E-state index in [4.69, 9.17) is 4.74 Å². The van der Waals surface area contributed by atoms with Gasteiger partial charge in [-0.05, 0) is 31.6 Å². The molecule has 98 valence electrons. The van der Waals surface area contributed by atoms with Crippen LogP contribution in [0.5, 0.6) is 6.01 Å². The molecule has 0 unspecified atom stereocenters. The van der Waals surface area contributed by atoms with Gasteiger partial charge in [-0.3, -0.25) is 4.79 Å². The van der Waals surface area contributed by atoms with Gasteiger partial charge in [-0.1, -0.05) is 6.92 Å². The highest BCUT2D eigenvalue weighted by Gasteiger charge is 2.20. The van der Waals surface area contributed by atoms with Crippen LogP contribution in [-0.2, 0) is 0 Å². The first-order chi connectivity index (χ1) is 8.69. The van der Waals surface area contributed by atoms with Gasteiger partial charge in [-0.2, -0.15) is 0 Å². The Morgan fingerprint density at radius 2 is 1.89 bits per heavy atom. The van der Waals surface area contributed by atoms with Gasteiger partial charge in [-0.25, -0.2) is 9.97 Å². The molecule has 0 aliphatic heterocycles. The minimum atomic E-state index is -0.0998. The predicted molar refractivity (Wildman–Crippen MR) is 67.5 cm³/mol. The van der Waals surface area contributed by atoms with Crippen molar-refractivity contribution in [3.05, 3.63) is 18.0 Å². The SMILES string of the molecule is COc1ncc(C(=O)NC2CCC(C)CC2)cn1. The van der Waals surface area contributed by atoms with Gasteiger partial charge in [0.15, 0.2) is 0 Å². The first-order valence-corrected chi connectivity index (χ1v) is 6.36. The van der Waals surface area contributed by atoms with Gasteiger partial charge < -0.3 is 10.1 Å². The molecular formula is C13H19N3O2. The summed E-state index contributed by atoms with van der Waals surface area (Å²) in [6, 6.07) is 0.564. The van der Waals surface area contributed by atoms with Crippen molar-refractivity contribution < 1.29 is 9.53 Å². The standard InChI is InChI=1S/C13H19N3O2/c1-9-3-5-11(6-4-9)16-12(17)10-7-14-13(18-2)15-8-10/h7-9,11H,3-6H2,1-2H3,(H,16,17). The smallest absolute Gasteiger partial charge is 0.316 e. The maximum Gasteiger partial charge on any atom is 0.316 e. The van der Waals surface area contributed by atoms with E-state index >= 15 is 0 Å². The molecule has 0 spiro atoms. The summed E-state index contributed by atoms with van der Waals surface area (Å²) in [5.74, 6) is 0.680. The molecule has 5 nitrogen and oxygen atoms in total. The Hall–Kier alpha value is -1.65. The van der Waals surface area contributed by atoms with E-state index in [1.165, 1.54) is 32.3 Å². The zero-order chi connectivity index (χ0) is 13.0. The maximum absolute atomic E-state index is 12.0. The largest absolute Gasteiger partial charge is 0.467 e. The second kappa shape index (κ2) is 5.80. The van der Waals surface area contributed by atoms with Gasteiger partial charge in [-0.15, -0.1) is 0 Å². The molecule has 1 aromatic heterocycles. The molecule has 0 aromatic carbocycles. The molecule has 1 N–H and O–H groups in total. The monoisotopic (exact) mass is 249 g/mol. The summed E-state index contributed by atoms with van der Waals surface area (Å²) >= 11 is 0. The molecule has 1 amide bonds. The normalized spacial score (nSPS) is 23.4. The lowest BCUT2D eigenvalue weighted by atomic mass is 9.87. The molecule has 0 saturated heterocycles. The van der Waals surface area contributed by atoms with E-state index in [1.54, 1.807) is 0 Å². The number of carbonyl (C=O) groups excluding carboxylic acids is 1. The highest BCUT2D eigenvalue weighted by Crippen LogP contribution is 2.23. The van der Waals surface area contributed by atoms with Crippen molar-refractivity contribution in [2.45, 2.75) is 38.6 Å². The number of hydrogen-bond acceptors (Lipinski definition) is 4. The Labute approximate surface area is 107 Å². The summed E-state index contributed by atoms with van der Waals surface area (Å²) in [7, 11) is 1.50. The zero-order valence-corrected chi connectivity index (χ0v) is 10.8. The predicted octanol–water partition coefficient (Wildman–Crippen LogP) is 1.79. The number of methoxy groups -OCH3 is 1. The van der Waals surface area contributed by atoms with E-state index < -0.39 is 0 Å². The van der Waals surface area contributed by atoms with Gasteiger partial charge in [0.25, 0.3) is 5.91 Å². The third-order valence-electron chi connectivity index (χ3n) is 3.42. The zero-order valence-electron chi connectivity index (χ0n) is 10.8. The van der Waals surface area contributed by atoms with Crippen LogP contribution in [-0.4, -0.2) is 29.0 Å². The van der Waals surface area contributed by atoms with Crippen molar-refractivity contribution >= 4 is 5.91 Å². The molecular weight excluding hydrogens is 230 g/mol. The van der Waals surface area contributed by atoms with E-state index in [0.717, 1.165) is 18.8 Å². The summed E-state index contributed by atoms with van der Waals surface area (Å²) in [5, 5.41) is 3.03. The van der Waals surface area contributed by atoms with E-state index in [2.05, 4.69) is 22.2 Å². The van der Waals surface area contributed by atoms with Crippen LogP contribution in [0.2, 0.25) is 0 Å². The molecule has 1 heterocycles. The van der Waals surface area contributed by atoms with Crippen LogP contribution in [0.1, 0.15) is 43.0 Å². The Morgan fingerprint density at radius 3 is 2.44 bits per heavy atom. The van der Waals surface area contributed by atoms with E-state index in [0.29, 0.717) is 5.56 Å². The van der Waals surface area contributed by atoms with Gasteiger partial charge in [0.2, 0.25) is 0 Å². The molecule has 0 atom stereocenters.